The van der Waals surface area contributed by atoms with Crippen LogP contribution in [0.15, 0.2) is 48.5 Å². The standard InChI is InChI=1S/C19H17FN2OS/c1-22-11-10-15(13-6-3-2-4-7-13)23-19-17(12-21)24-16-9-5-8-14(20)18(16)19/h2-9,15,22H,10-11H2,1H3/t15-/m1/s1. The first-order chi connectivity index (χ1) is 11.7. The molecule has 1 heterocycles. The highest BCUT2D eigenvalue weighted by molar-refractivity contribution is 7.20. The highest BCUT2D eigenvalue weighted by Gasteiger charge is 2.21. The van der Waals surface area contributed by atoms with Gasteiger partial charge in [0.1, 0.15) is 22.9 Å². The largest absolute Gasteiger partial charge is 0.483 e. The number of fused-ring (bicyclic) bond motifs is 1. The Balaban J connectivity index is 2.04. The molecule has 3 rings (SSSR count). The summed E-state index contributed by atoms with van der Waals surface area (Å²) >= 11 is 1.26. The topological polar surface area (TPSA) is 45.0 Å². The molecule has 122 valence electrons. The summed E-state index contributed by atoms with van der Waals surface area (Å²) in [7, 11) is 1.88. The molecule has 0 fully saturated rings. The molecule has 5 heteroatoms. The zero-order valence-electron chi connectivity index (χ0n) is 13.3. The maximum atomic E-state index is 14.3. The first-order valence-corrected chi connectivity index (χ1v) is 8.53. The van der Waals surface area contributed by atoms with Crippen molar-refractivity contribution in [1.82, 2.24) is 5.32 Å². The van der Waals surface area contributed by atoms with Crippen LogP contribution in [0, 0.1) is 17.1 Å². The van der Waals surface area contributed by atoms with E-state index in [0.717, 1.165) is 23.2 Å². The molecule has 1 aromatic heterocycles. The van der Waals surface area contributed by atoms with E-state index in [1.165, 1.54) is 17.4 Å². The fraction of sp³-hybridized carbons (Fsp3) is 0.211. The second-order valence-corrected chi connectivity index (χ2v) is 6.45. The molecule has 0 bridgehead atoms. The number of ether oxygens (including phenoxy) is 1. The van der Waals surface area contributed by atoms with Crippen LogP contribution in [0.2, 0.25) is 0 Å². The first kappa shape index (κ1) is 16.4. The van der Waals surface area contributed by atoms with Crippen molar-refractivity contribution in [1.29, 1.82) is 5.26 Å². The second-order valence-electron chi connectivity index (χ2n) is 5.39. The average molecular weight is 340 g/mol. The third-order valence-corrected chi connectivity index (χ3v) is 4.85. The van der Waals surface area contributed by atoms with E-state index in [1.807, 2.05) is 43.4 Å². The third kappa shape index (κ3) is 3.25. The fourth-order valence-corrected chi connectivity index (χ4v) is 3.59. The van der Waals surface area contributed by atoms with E-state index in [2.05, 4.69) is 11.4 Å². The van der Waals surface area contributed by atoms with Crippen LogP contribution in [0.25, 0.3) is 10.1 Å². The number of nitrogens with zero attached hydrogens (tertiary/aromatic N) is 1. The van der Waals surface area contributed by atoms with Gasteiger partial charge in [0.05, 0.1) is 5.39 Å². The van der Waals surface area contributed by atoms with Gasteiger partial charge in [-0.3, -0.25) is 0 Å². The Bertz CT molecular complexity index is 870. The van der Waals surface area contributed by atoms with Crippen LogP contribution in [0.4, 0.5) is 4.39 Å². The van der Waals surface area contributed by atoms with Crippen molar-refractivity contribution >= 4 is 21.4 Å². The van der Waals surface area contributed by atoms with Gasteiger partial charge in [-0.05, 0) is 31.3 Å². The molecule has 1 N–H and O–H groups in total. The predicted octanol–water partition coefficient (Wildman–Crippen LogP) is 4.64. The van der Waals surface area contributed by atoms with Crippen LogP contribution in [-0.2, 0) is 0 Å². The van der Waals surface area contributed by atoms with Crippen molar-refractivity contribution in [2.75, 3.05) is 13.6 Å². The molecule has 24 heavy (non-hydrogen) atoms. The van der Waals surface area contributed by atoms with Crippen LogP contribution < -0.4 is 10.1 Å². The lowest BCUT2D eigenvalue weighted by atomic mass is 10.1. The predicted molar refractivity (Wildman–Crippen MR) is 94.9 cm³/mol. The van der Waals surface area contributed by atoms with E-state index < -0.39 is 0 Å². The first-order valence-electron chi connectivity index (χ1n) is 7.72. The highest BCUT2D eigenvalue weighted by atomic mass is 32.1. The molecule has 0 saturated heterocycles. The number of thiophene rings is 1. The third-order valence-electron chi connectivity index (χ3n) is 3.81. The van der Waals surface area contributed by atoms with Gasteiger partial charge in [0.15, 0.2) is 5.75 Å². The molecule has 1 atom stereocenters. The molecule has 0 aliphatic carbocycles. The normalized spacial score (nSPS) is 12.0. The van der Waals surface area contributed by atoms with Crippen molar-refractivity contribution in [2.45, 2.75) is 12.5 Å². The van der Waals surface area contributed by atoms with E-state index in [9.17, 15) is 9.65 Å². The van der Waals surface area contributed by atoms with E-state index in [1.54, 1.807) is 6.07 Å². The summed E-state index contributed by atoms with van der Waals surface area (Å²) in [5.41, 5.74) is 1.01. The molecule has 0 aliphatic rings. The lowest BCUT2D eigenvalue weighted by Gasteiger charge is -2.19. The smallest absolute Gasteiger partial charge is 0.159 e. The molecule has 2 aromatic carbocycles. The molecule has 0 unspecified atom stereocenters. The zero-order valence-corrected chi connectivity index (χ0v) is 14.1. The minimum Gasteiger partial charge on any atom is -0.483 e. The molecule has 3 aromatic rings. The summed E-state index contributed by atoms with van der Waals surface area (Å²) in [5, 5.41) is 12.9. The number of hydrogen-bond acceptors (Lipinski definition) is 4. The number of nitrogens with one attached hydrogen (secondary N) is 1. The Morgan fingerprint density at radius 2 is 2.00 bits per heavy atom. The molecule has 3 nitrogen and oxygen atoms in total. The van der Waals surface area contributed by atoms with Gasteiger partial charge in [-0.1, -0.05) is 36.4 Å². The van der Waals surface area contributed by atoms with Gasteiger partial charge >= 0.3 is 0 Å². The van der Waals surface area contributed by atoms with Crippen molar-refractivity contribution in [3.05, 3.63) is 64.8 Å². The maximum absolute atomic E-state index is 14.3. The summed E-state index contributed by atoms with van der Waals surface area (Å²) in [4.78, 5) is 0.403. The van der Waals surface area contributed by atoms with Gasteiger partial charge in [0, 0.05) is 11.1 Å². The van der Waals surface area contributed by atoms with Gasteiger partial charge in [-0.15, -0.1) is 11.3 Å². The number of hydrogen-bond donors (Lipinski definition) is 1. The summed E-state index contributed by atoms with van der Waals surface area (Å²) in [6, 6.07) is 16.8. The van der Waals surface area contributed by atoms with Gasteiger partial charge in [0.2, 0.25) is 0 Å². The molecule has 0 amide bonds. The number of halogens is 1. The van der Waals surface area contributed by atoms with Crippen LogP contribution >= 0.6 is 11.3 Å². The van der Waals surface area contributed by atoms with Gasteiger partial charge in [-0.2, -0.15) is 5.26 Å². The summed E-state index contributed by atoms with van der Waals surface area (Å²) in [6.45, 7) is 0.756. The van der Waals surface area contributed by atoms with Crippen molar-refractivity contribution in [3.8, 4) is 11.8 Å². The Hall–Kier alpha value is -2.42. The summed E-state index contributed by atoms with van der Waals surface area (Å²) < 4.78 is 21.2. The molecular weight excluding hydrogens is 323 g/mol. The lowest BCUT2D eigenvalue weighted by Crippen LogP contribution is -2.16. The lowest BCUT2D eigenvalue weighted by molar-refractivity contribution is 0.197. The minimum atomic E-state index is -0.360. The SMILES string of the molecule is CNCC[C@@H](Oc1c(C#N)sc2cccc(F)c12)c1ccccc1. The number of nitriles is 1. The zero-order chi connectivity index (χ0) is 16.9. The highest BCUT2D eigenvalue weighted by Crippen LogP contribution is 2.41. The minimum absolute atomic E-state index is 0.247. The molecular formula is C19H17FN2OS. The van der Waals surface area contributed by atoms with Gasteiger partial charge in [0.25, 0.3) is 0 Å². The Morgan fingerprint density at radius 3 is 2.71 bits per heavy atom. The molecule has 0 aliphatic heterocycles. The second kappa shape index (κ2) is 7.43. The van der Waals surface area contributed by atoms with Crippen LogP contribution in [0.5, 0.6) is 5.75 Å². The molecule has 0 saturated carbocycles. The van der Waals surface area contributed by atoms with E-state index in [4.69, 9.17) is 4.74 Å². The number of benzene rings is 2. The van der Waals surface area contributed by atoms with Crippen molar-refractivity contribution < 1.29 is 9.13 Å². The van der Waals surface area contributed by atoms with Gasteiger partial charge < -0.3 is 10.1 Å². The Morgan fingerprint density at radius 1 is 1.21 bits per heavy atom. The van der Waals surface area contributed by atoms with E-state index in [0.29, 0.717) is 16.0 Å². The van der Waals surface area contributed by atoms with E-state index in [-0.39, 0.29) is 11.9 Å². The Labute approximate surface area is 144 Å². The van der Waals surface area contributed by atoms with Crippen LogP contribution in [0.3, 0.4) is 0 Å². The number of rotatable bonds is 6. The van der Waals surface area contributed by atoms with E-state index >= 15 is 0 Å². The Kier molecular flexibility index (Phi) is 5.09. The van der Waals surface area contributed by atoms with Crippen molar-refractivity contribution in [3.63, 3.8) is 0 Å². The van der Waals surface area contributed by atoms with Crippen LogP contribution in [0.1, 0.15) is 23.0 Å². The average Bonchev–Trinajstić information content (AvgIpc) is 2.98. The van der Waals surface area contributed by atoms with Crippen LogP contribution in [-0.4, -0.2) is 13.6 Å². The fourth-order valence-electron chi connectivity index (χ4n) is 2.64. The maximum Gasteiger partial charge on any atom is 0.159 e. The summed E-state index contributed by atoms with van der Waals surface area (Å²) in [5.74, 6) is -0.0127. The molecule has 0 radical (unpaired) electrons. The summed E-state index contributed by atoms with van der Waals surface area (Å²) in [6.07, 6.45) is 0.472. The van der Waals surface area contributed by atoms with Crippen molar-refractivity contribution in [2.24, 2.45) is 0 Å². The van der Waals surface area contributed by atoms with Gasteiger partial charge in [-0.25, -0.2) is 4.39 Å². The monoisotopic (exact) mass is 340 g/mol. The molecule has 0 spiro atoms. The quantitative estimate of drug-likeness (QED) is 0.711.